The first-order valence-electron chi connectivity index (χ1n) is 7.01. The molecule has 0 radical (unpaired) electrons. The fourth-order valence-corrected chi connectivity index (χ4v) is 2.58. The number of likely N-dealkylation sites (tertiary alicyclic amines) is 1. The molecule has 0 spiro atoms. The van der Waals surface area contributed by atoms with Crippen LogP contribution in [0, 0.1) is 5.92 Å². The Balaban J connectivity index is 1.81. The first-order chi connectivity index (χ1) is 8.67. The van der Waals surface area contributed by atoms with Gasteiger partial charge in [0.2, 0.25) is 0 Å². The molecular weight excluding hydrogens is 228 g/mol. The van der Waals surface area contributed by atoms with Gasteiger partial charge in [-0.05, 0) is 45.3 Å². The van der Waals surface area contributed by atoms with Crippen LogP contribution in [-0.4, -0.2) is 40.7 Å². The lowest BCUT2D eigenvalue weighted by Gasteiger charge is -2.30. The molecule has 2 heterocycles. The number of aliphatic hydroxyl groups excluding tert-OH is 1. The van der Waals surface area contributed by atoms with Gasteiger partial charge in [0.15, 0.2) is 5.89 Å². The quantitative estimate of drug-likeness (QED) is 0.869. The van der Waals surface area contributed by atoms with Crippen molar-refractivity contribution in [2.45, 2.75) is 45.6 Å². The monoisotopic (exact) mass is 252 g/mol. The van der Waals surface area contributed by atoms with Crippen LogP contribution in [0.5, 0.6) is 0 Å². The molecule has 1 unspecified atom stereocenters. The summed E-state index contributed by atoms with van der Waals surface area (Å²) in [5.74, 6) is 2.33. The normalized spacial score (nSPS) is 20.2. The number of hydrogen-bond donors (Lipinski definition) is 1. The molecule has 1 N–H and O–H groups in total. The Kier molecular flexibility index (Phi) is 4.78. The fourth-order valence-electron chi connectivity index (χ4n) is 2.58. The second-order valence-corrected chi connectivity index (χ2v) is 5.36. The molecule has 4 nitrogen and oxygen atoms in total. The third-order valence-corrected chi connectivity index (χ3v) is 3.72. The average Bonchev–Trinajstić information content (AvgIpc) is 2.76. The molecule has 1 aliphatic rings. The zero-order valence-corrected chi connectivity index (χ0v) is 11.4. The van der Waals surface area contributed by atoms with Crippen LogP contribution < -0.4 is 0 Å². The maximum Gasteiger partial charge on any atom is 0.194 e. The minimum absolute atomic E-state index is 0.362. The number of hydrogen-bond acceptors (Lipinski definition) is 4. The van der Waals surface area contributed by atoms with Gasteiger partial charge in [-0.3, -0.25) is 0 Å². The molecule has 1 aromatic heterocycles. The van der Waals surface area contributed by atoms with Crippen LogP contribution >= 0.6 is 0 Å². The van der Waals surface area contributed by atoms with Gasteiger partial charge < -0.3 is 14.4 Å². The Bertz CT molecular complexity index is 354. The van der Waals surface area contributed by atoms with Crippen LogP contribution in [0.25, 0.3) is 0 Å². The minimum atomic E-state index is -0.362. The summed E-state index contributed by atoms with van der Waals surface area (Å²) in [6.07, 6.45) is 5.37. The highest BCUT2D eigenvalue weighted by Gasteiger charge is 2.20. The van der Waals surface area contributed by atoms with Crippen LogP contribution in [-0.2, 0) is 12.8 Å². The third kappa shape index (κ3) is 3.82. The lowest BCUT2D eigenvalue weighted by molar-refractivity contribution is 0.180. The number of aliphatic hydroxyl groups is 1. The van der Waals surface area contributed by atoms with Crippen molar-refractivity contribution >= 4 is 0 Å². The van der Waals surface area contributed by atoms with E-state index >= 15 is 0 Å². The van der Waals surface area contributed by atoms with Gasteiger partial charge in [-0.1, -0.05) is 6.92 Å². The summed E-state index contributed by atoms with van der Waals surface area (Å²) in [7, 11) is 0. The van der Waals surface area contributed by atoms with Crippen LogP contribution in [0.4, 0.5) is 0 Å². The van der Waals surface area contributed by atoms with Gasteiger partial charge in [-0.15, -0.1) is 0 Å². The van der Waals surface area contributed by atoms with Gasteiger partial charge in [-0.25, -0.2) is 4.98 Å². The summed E-state index contributed by atoms with van der Waals surface area (Å²) < 4.78 is 5.67. The topological polar surface area (TPSA) is 49.5 Å². The van der Waals surface area contributed by atoms with E-state index in [0.717, 1.165) is 24.6 Å². The molecule has 102 valence electrons. The summed E-state index contributed by atoms with van der Waals surface area (Å²) in [5.41, 5.74) is 0. The molecular formula is C14H24N2O2. The first kappa shape index (κ1) is 13.6. The largest absolute Gasteiger partial charge is 0.446 e. The van der Waals surface area contributed by atoms with Gasteiger partial charge in [0.1, 0.15) is 5.76 Å². The van der Waals surface area contributed by atoms with Crippen molar-refractivity contribution in [3.63, 3.8) is 0 Å². The van der Waals surface area contributed by atoms with E-state index in [4.69, 9.17) is 4.42 Å². The number of aromatic nitrogens is 1. The Morgan fingerprint density at radius 1 is 1.50 bits per heavy atom. The Morgan fingerprint density at radius 3 is 2.83 bits per heavy atom. The van der Waals surface area contributed by atoms with Crippen molar-refractivity contribution in [3.05, 3.63) is 17.8 Å². The van der Waals surface area contributed by atoms with E-state index in [1.54, 1.807) is 13.1 Å². The zero-order valence-electron chi connectivity index (χ0n) is 11.4. The predicted octanol–water partition coefficient (Wildman–Crippen LogP) is 1.87. The highest BCUT2D eigenvalue weighted by atomic mass is 16.4. The Labute approximate surface area is 109 Å². The van der Waals surface area contributed by atoms with Crippen LogP contribution in [0.2, 0.25) is 0 Å². The van der Waals surface area contributed by atoms with E-state index in [-0.39, 0.29) is 6.10 Å². The Hall–Kier alpha value is -0.870. The third-order valence-electron chi connectivity index (χ3n) is 3.72. The lowest BCUT2D eigenvalue weighted by Crippen LogP contribution is -2.34. The molecule has 18 heavy (non-hydrogen) atoms. The minimum Gasteiger partial charge on any atom is -0.446 e. The van der Waals surface area contributed by atoms with Crippen molar-refractivity contribution in [3.8, 4) is 0 Å². The average molecular weight is 252 g/mol. The summed E-state index contributed by atoms with van der Waals surface area (Å²) in [6.45, 7) is 7.54. The number of piperidine rings is 1. The number of nitrogens with zero attached hydrogens (tertiary/aromatic N) is 2. The van der Waals surface area contributed by atoms with Gasteiger partial charge in [-0.2, -0.15) is 0 Å². The van der Waals surface area contributed by atoms with Crippen molar-refractivity contribution in [1.82, 2.24) is 9.88 Å². The predicted molar refractivity (Wildman–Crippen MR) is 70.4 cm³/mol. The molecule has 1 saturated heterocycles. The van der Waals surface area contributed by atoms with Gasteiger partial charge >= 0.3 is 0 Å². The molecule has 1 fully saturated rings. The molecule has 0 amide bonds. The number of rotatable bonds is 5. The summed E-state index contributed by atoms with van der Waals surface area (Å²) in [4.78, 5) is 6.80. The zero-order chi connectivity index (χ0) is 13.0. The molecule has 0 bridgehead atoms. The summed E-state index contributed by atoms with van der Waals surface area (Å²) in [5, 5.41) is 9.30. The number of oxazole rings is 1. The van der Waals surface area contributed by atoms with Crippen LogP contribution in [0.3, 0.4) is 0 Å². The molecule has 4 heteroatoms. The van der Waals surface area contributed by atoms with E-state index < -0.39 is 0 Å². The second kappa shape index (κ2) is 6.34. The van der Waals surface area contributed by atoms with Crippen molar-refractivity contribution in [2.24, 2.45) is 5.92 Å². The standard InChI is InChI=1S/C14H24N2O2/c1-3-16-6-4-12(5-7-16)9-14-15-10-13(18-14)8-11(2)17/h10-12,17H,3-9H2,1-2H3. The molecule has 1 aliphatic heterocycles. The van der Waals surface area contributed by atoms with Crippen LogP contribution in [0.15, 0.2) is 10.6 Å². The van der Waals surface area contributed by atoms with Crippen molar-refractivity contribution in [1.29, 1.82) is 0 Å². The van der Waals surface area contributed by atoms with Gasteiger partial charge in [0, 0.05) is 12.8 Å². The second-order valence-electron chi connectivity index (χ2n) is 5.36. The maximum absolute atomic E-state index is 9.30. The molecule has 0 aromatic carbocycles. The molecule has 0 saturated carbocycles. The smallest absolute Gasteiger partial charge is 0.194 e. The highest BCUT2D eigenvalue weighted by molar-refractivity contribution is 4.96. The first-order valence-corrected chi connectivity index (χ1v) is 7.01. The Morgan fingerprint density at radius 2 is 2.22 bits per heavy atom. The summed E-state index contributed by atoms with van der Waals surface area (Å²) in [6, 6.07) is 0. The molecule has 0 aliphatic carbocycles. The van der Waals surface area contributed by atoms with Crippen molar-refractivity contribution in [2.75, 3.05) is 19.6 Å². The van der Waals surface area contributed by atoms with Crippen LogP contribution in [0.1, 0.15) is 38.3 Å². The van der Waals surface area contributed by atoms with E-state index in [1.165, 1.54) is 25.9 Å². The maximum atomic E-state index is 9.30. The van der Waals surface area contributed by atoms with E-state index in [1.807, 2.05) is 0 Å². The fraction of sp³-hybridized carbons (Fsp3) is 0.786. The lowest BCUT2D eigenvalue weighted by atomic mass is 9.93. The van der Waals surface area contributed by atoms with E-state index in [2.05, 4.69) is 16.8 Å². The van der Waals surface area contributed by atoms with Crippen molar-refractivity contribution < 1.29 is 9.52 Å². The SMILES string of the molecule is CCN1CCC(Cc2ncc(CC(C)O)o2)CC1. The van der Waals surface area contributed by atoms with Gasteiger partial charge in [0.05, 0.1) is 12.3 Å². The molecule has 2 rings (SSSR count). The van der Waals surface area contributed by atoms with E-state index in [9.17, 15) is 5.11 Å². The highest BCUT2D eigenvalue weighted by Crippen LogP contribution is 2.21. The van der Waals surface area contributed by atoms with E-state index in [0.29, 0.717) is 12.3 Å². The summed E-state index contributed by atoms with van der Waals surface area (Å²) >= 11 is 0. The van der Waals surface area contributed by atoms with Gasteiger partial charge in [0.25, 0.3) is 0 Å². The molecule has 1 atom stereocenters. The molecule has 1 aromatic rings.